The normalized spacial score (nSPS) is 9.93. The first-order valence-electron chi connectivity index (χ1n) is 6.07. The molecule has 0 radical (unpaired) electrons. The van der Waals surface area contributed by atoms with Crippen molar-refractivity contribution in [2.24, 2.45) is 0 Å². The van der Waals surface area contributed by atoms with E-state index in [4.69, 9.17) is 14.4 Å². The Morgan fingerprint density at radius 1 is 0.733 bits per heavy atom. The molecule has 0 spiro atoms. The van der Waals surface area contributed by atoms with Gasteiger partial charge in [-0.05, 0) is 0 Å². The predicted octanol–water partition coefficient (Wildman–Crippen LogP) is 3.90. The van der Waals surface area contributed by atoms with Gasteiger partial charge in [0.2, 0.25) is 0 Å². The van der Waals surface area contributed by atoms with Crippen LogP contribution in [-0.2, 0) is 4.57 Å². The molecule has 4 heteroatoms. The summed E-state index contributed by atoms with van der Waals surface area (Å²) < 4.78 is 8.74. The summed E-state index contributed by atoms with van der Waals surface area (Å²) in [6.07, 6.45) is 13.0. The highest BCUT2D eigenvalue weighted by Crippen LogP contribution is 2.08. The molecule has 0 aromatic heterocycles. The summed E-state index contributed by atoms with van der Waals surface area (Å²) in [4.78, 5) is 14.3. The van der Waals surface area contributed by atoms with Gasteiger partial charge in [-0.3, -0.25) is 4.57 Å². The van der Waals surface area contributed by atoms with E-state index in [1.165, 1.54) is 57.8 Å². The standard InChI is InChI=1S/C11H24.H3O3P/c1-3-5-7-9-11-10-8-6-4-2;1-4(2)3/h3-11H2,1-2H3;4H,(H2,1,2,3). The molecule has 0 bridgehead atoms. The van der Waals surface area contributed by atoms with Gasteiger partial charge in [0.25, 0.3) is 0 Å². The summed E-state index contributed by atoms with van der Waals surface area (Å²) >= 11 is 0. The fraction of sp³-hybridized carbons (Fsp3) is 1.00. The van der Waals surface area contributed by atoms with Gasteiger partial charge < -0.3 is 9.79 Å². The molecule has 0 amide bonds. The van der Waals surface area contributed by atoms with E-state index < -0.39 is 8.25 Å². The average Bonchev–Trinajstić information content (AvgIpc) is 2.16. The van der Waals surface area contributed by atoms with Crippen molar-refractivity contribution in [3.63, 3.8) is 0 Å². The lowest BCUT2D eigenvalue weighted by molar-refractivity contribution is 0.405. The molecule has 0 saturated carbocycles. The molecular formula is C11H27O3P. The molecular weight excluding hydrogens is 211 g/mol. The highest BCUT2D eigenvalue weighted by molar-refractivity contribution is 7.30. The lowest BCUT2D eigenvalue weighted by atomic mass is 10.1. The van der Waals surface area contributed by atoms with Crippen molar-refractivity contribution in [2.75, 3.05) is 0 Å². The lowest BCUT2D eigenvalue weighted by Crippen LogP contribution is -1.79. The second-order valence-electron chi connectivity index (χ2n) is 3.76. The molecule has 0 heterocycles. The van der Waals surface area contributed by atoms with E-state index in [1.807, 2.05) is 0 Å². The van der Waals surface area contributed by atoms with Gasteiger partial charge in [0.1, 0.15) is 0 Å². The van der Waals surface area contributed by atoms with Crippen LogP contribution in [-0.4, -0.2) is 9.79 Å². The molecule has 3 nitrogen and oxygen atoms in total. The van der Waals surface area contributed by atoms with Gasteiger partial charge in [0, 0.05) is 0 Å². The molecule has 0 aliphatic rings. The van der Waals surface area contributed by atoms with E-state index >= 15 is 0 Å². The van der Waals surface area contributed by atoms with Crippen molar-refractivity contribution < 1.29 is 14.4 Å². The van der Waals surface area contributed by atoms with Crippen LogP contribution in [0.3, 0.4) is 0 Å². The molecule has 0 rings (SSSR count). The van der Waals surface area contributed by atoms with Crippen molar-refractivity contribution in [3.05, 3.63) is 0 Å². The molecule has 0 atom stereocenters. The third kappa shape index (κ3) is 31.4. The molecule has 2 N–H and O–H groups in total. The Morgan fingerprint density at radius 2 is 0.933 bits per heavy atom. The minimum absolute atomic E-state index is 1.37. The zero-order valence-corrected chi connectivity index (χ0v) is 11.2. The molecule has 15 heavy (non-hydrogen) atoms. The maximum Gasteiger partial charge on any atom is 0.314 e. The van der Waals surface area contributed by atoms with E-state index in [9.17, 15) is 0 Å². The molecule has 0 aromatic rings. The number of unbranched alkanes of at least 4 members (excludes halogenated alkanes) is 8. The van der Waals surface area contributed by atoms with Crippen LogP contribution in [0.25, 0.3) is 0 Å². The van der Waals surface area contributed by atoms with Gasteiger partial charge >= 0.3 is 8.25 Å². The van der Waals surface area contributed by atoms with Crippen molar-refractivity contribution >= 4 is 8.25 Å². The van der Waals surface area contributed by atoms with Gasteiger partial charge in [0.05, 0.1) is 0 Å². The minimum atomic E-state index is -3.13. The lowest BCUT2D eigenvalue weighted by Gasteiger charge is -1.98. The summed E-state index contributed by atoms with van der Waals surface area (Å²) in [5, 5.41) is 0. The first-order chi connectivity index (χ1) is 7.15. The summed E-state index contributed by atoms with van der Waals surface area (Å²) in [7, 11) is -3.13. The van der Waals surface area contributed by atoms with E-state index in [1.54, 1.807) is 0 Å². The summed E-state index contributed by atoms with van der Waals surface area (Å²) in [6.45, 7) is 4.55. The van der Waals surface area contributed by atoms with Crippen molar-refractivity contribution in [1.29, 1.82) is 0 Å². The van der Waals surface area contributed by atoms with Gasteiger partial charge in [-0.1, -0.05) is 71.6 Å². The number of hydrogen-bond acceptors (Lipinski definition) is 1. The topological polar surface area (TPSA) is 57.5 Å². The van der Waals surface area contributed by atoms with Crippen LogP contribution in [0.2, 0.25) is 0 Å². The van der Waals surface area contributed by atoms with Crippen LogP contribution in [0.5, 0.6) is 0 Å². The molecule has 0 saturated heterocycles. The van der Waals surface area contributed by atoms with Crippen LogP contribution in [0, 0.1) is 0 Å². The molecule has 0 fully saturated rings. The first-order valence-corrected chi connectivity index (χ1v) is 7.37. The predicted molar refractivity (Wildman–Crippen MR) is 66.3 cm³/mol. The highest BCUT2D eigenvalue weighted by Gasteiger charge is 1.88. The SMILES string of the molecule is CCCCCCCCCCC.O=[PH](O)O. The molecule has 0 aliphatic heterocycles. The van der Waals surface area contributed by atoms with E-state index in [-0.39, 0.29) is 0 Å². The summed E-state index contributed by atoms with van der Waals surface area (Å²) in [6, 6.07) is 0. The van der Waals surface area contributed by atoms with E-state index in [2.05, 4.69) is 13.8 Å². The van der Waals surface area contributed by atoms with Gasteiger partial charge in [-0.15, -0.1) is 0 Å². The highest BCUT2D eigenvalue weighted by atomic mass is 31.1. The van der Waals surface area contributed by atoms with Crippen molar-refractivity contribution in [1.82, 2.24) is 0 Å². The maximum atomic E-state index is 8.74. The fourth-order valence-electron chi connectivity index (χ4n) is 1.38. The zero-order chi connectivity index (χ0) is 11.9. The Kier molecular flexibility index (Phi) is 19.4. The molecule has 0 aromatic carbocycles. The Hall–Kier alpha value is 0.150. The maximum absolute atomic E-state index is 8.74. The number of hydrogen-bond donors (Lipinski definition) is 2. The summed E-state index contributed by atoms with van der Waals surface area (Å²) in [5.74, 6) is 0. The Morgan fingerprint density at radius 3 is 1.13 bits per heavy atom. The van der Waals surface area contributed by atoms with Crippen LogP contribution in [0.1, 0.15) is 71.6 Å². The van der Waals surface area contributed by atoms with Crippen LogP contribution >= 0.6 is 8.25 Å². The van der Waals surface area contributed by atoms with Crippen LogP contribution in [0.15, 0.2) is 0 Å². The second kappa shape index (κ2) is 16.6. The third-order valence-electron chi connectivity index (χ3n) is 2.21. The zero-order valence-electron chi connectivity index (χ0n) is 10.2. The van der Waals surface area contributed by atoms with Crippen molar-refractivity contribution in [2.45, 2.75) is 71.6 Å². The Bertz CT molecular complexity index is 117. The second-order valence-corrected chi connectivity index (χ2v) is 4.32. The first kappa shape index (κ1) is 17.5. The average molecular weight is 238 g/mol. The van der Waals surface area contributed by atoms with E-state index in [0.29, 0.717) is 0 Å². The van der Waals surface area contributed by atoms with Crippen LogP contribution in [0.4, 0.5) is 0 Å². The van der Waals surface area contributed by atoms with Crippen LogP contribution < -0.4 is 0 Å². The van der Waals surface area contributed by atoms with E-state index in [0.717, 1.165) is 0 Å². The monoisotopic (exact) mass is 238 g/mol. The van der Waals surface area contributed by atoms with Gasteiger partial charge in [-0.25, -0.2) is 0 Å². The smallest absolute Gasteiger partial charge is 0.314 e. The number of rotatable bonds is 8. The molecule has 0 unspecified atom stereocenters. The quantitative estimate of drug-likeness (QED) is 0.498. The Labute approximate surface area is 94.9 Å². The van der Waals surface area contributed by atoms with Gasteiger partial charge in [-0.2, -0.15) is 0 Å². The largest absolute Gasteiger partial charge is 0.326 e. The minimum Gasteiger partial charge on any atom is -0.326 e. The third-order valence-corrected chi connectivity index (χ3v) is 2.21. The fourth-order valence-corrected chi connectivity index (χ4v) is 1.38. The summed E-state index contributed by atoms with van der Waals surface area (Å²) in [5.41, 5.74) is 0. The van der Waals surface area contributed by atoms with Crippen molar-refractivity contribution in [3.8, 4) is 0 Å². The Balaban J connectivity index is 0. The van der Waals surface area contributed by atoms with Gasteiger partial charge in [0.15, 0.2) is 0 Å². The molecule has 94 valence electrons. The molecule has 0 aliphatic carbocycles.